The van der Waals surface area contributed by atoms with Crippen molar-refractivity contribution in [2.75, 3.05) is 25.5 Å². The van der Waals surface area contributed by atoms with Gasteiger partial charge in [0.1, 0.15) is 17.4 Å². The van der Waals surface area contributed by atoms with Crippen LogP contribution in [0.5, 0.6) is 5.75 Å². The number of hydrogen-bond acceptors (Lipinski definition) is 5. The number of esters is 1. The Bertz CT molecular complexity index is 1180. The van der Waals surface area contributed by atoms with E-state index in [1.165, 1.54) is 14.0 Å². The summed E-state index contributed by atoms with van der Waals surface area (Å²) in [5.74, 6) is -0.359. The van der Waals surface area contributed by atoms with Crippen LogP contribution in [0.25, 0.3) is 0 Å². The average Bonchev–Trinajstić information content (AvgIpc) is 3.36. The normalized spacial score (nSPS) is 14.9. The van der Waals surface area contributed by atoms with Gasteiger partial charge in [0, 0.05) is 31.7 Å². The molecule has 1 unspecified atom stereocenters. The summed E-state index contributed by atoms with van der Waals surface area (Å²) in [5, 5.41) is 5.67. The van der Waals surface area contributed by atoms with E-state index in [9.17, 15) is 14.4 Å². The second kappa shape index (κ2) is 11.4. The number of hydrogen-bond donors (Lipinski definition) is 2. The Hall–Kier alpha value is -4.33. The molecule has 1 heterocycles. The van der Waals surface area contributed by atoms with Gasteiger partial charge in [-0.1, -0.05) is 60.7 Å². The van der Waals surface area contributed by atoms with Crippen LogP contribution in [0.2, 0.25) is 0 Å². The summed E-state index contributed by atoms with van der Waals surface area (Å²) in [5.41, 5.74) is 2.50. The Morgan fingerprint density at radius 1 is 0.944 bits per heavy atom. The van der Waals surface area contributed by atoms with E-state index >= 15 is 0 Å². The van der Waals surface area contributed by atoms with Crippen LogP contribution in [0.4, 0.5) is 10.5 Å². The first kappa shape index (κ1) is 24.8. The van der Waals surface area contributed by atoms with Gasteiger partial charge in [-0.3, -0.25) is 4.79 Å². The van der Waals surface area contributed by atoms with Gasteiger partial charge in [-0.05, 0) is 35.7 Å². The molecule has 0 aromatic heterocycles. The Balaban J connectivity index is 1.56. The highest BCUT2D eigenvalue weighted by Gasteiger charge is 2.27. The topological polar surface area (TPSA) is 97.0 Å². The number of methoxy groups -OCH3 is 1. The number of amides is 3. The van der Waals surface area contributed by atoms with Crippen molar-refractivity contribution < 1.29 is 23.9 Å². The fraction of sp³-hybridized carbons (Fsp3) is 0.250. The molecule has 1 aliphatic rings. The van der Waals surface area contributed by atoms with Crippen molar-refractivity contribution in [1.82, 2.24) is 10.2 Å². The van der Waals surface area contributed by atoms with Gasteiger partial charge in [-0.2, -0.15) is 0 Å². The smallest absolute Gasteiger partial charge is 0.341 e. The van der Waals surface area contributed by atoms with Gasteiger partial charge in [0.2, 0.25) is 5.91 Å². The van der Waals surface area contributed by atoms with Crippen molar-refractivity contribution >= 4 is 23.6 Å². The van der Waals surface area contributed by atoms with Crippen LogP contribution in [0.1, 0.15) is 40.9 Å². The number of nitrogens with zero attached hydrogens (tertiary/aromatic N) is 1. The Morgan fingerprint density at radius 2 is 1.58 bits per heavy atom. The lowest BCUT2D eigenvalue weighted by atomic mass is 10.0. The maximum absolute atomic E-state index is 12.8. The number of carbonyl (C=O) groups excluding carboxylic acids is 3. The quantitative estimate of drug-likeness (QED) is 0.482. The lowest BCUT2D eigenvalue weighted by Crippen LogP contribution is -2.38. The van der Waals surface area contributed by atoms with E-state index in [0.29, 0.717) is 30.9 Å². The molecule has 1 atom stereocenters. The van der Waals surface area contributed by atoms with E-state index in [0.717, 1.165) is 11.1 Å². The number of nitrogens with one attached hydrogen (secondary N) is 2. The predicted molar refractivity (Wildman–Crippen MR) is 136 cm³/mol. The van der Waals surface area contributed by atoms with E-state index in [-0.39, 0.29) is 23.5 Å². The number of carbonyl (C=O) groups is 3. The standard InChI is InChI=1S/C28H29N3O5/c1-19(32)29-23-15-16-31(18-23)28(34)30-22-13-14-25(24(17-22)27(33)35-2)36-26(20-9-5-3-6-10-20)21-11-7-4-8-12-21/h3-14,17,23,26H,15-16,18H2,1-2H3,(H,29,32)(H,30,34). The Morgan fingerprint density at radius 3 is 2.17 bits per heavy atom. The summed E-state index contributed by atoms with van der Waals surface area (Å²) in [4.78, 5) is 38.4. The molecule has 186 valence electrons. The molecule has 0 aliphatic carbocycles. The van der Waals surface area contributed by atoms with E-state index in [4.69, 9.17) is 9.47 Å². The van der Waals surface area contributed by atoms with Gasteiger partial charge >= 0.3 is 12.0 Å². The van der Waals surface area contributed by atoms with Crippen molar-refractivity contribution in [3.63, 3.8) is 0 Å². The molecule has 1 aliphatic heterocycles. The molecule has 8 heteroatoms. The fourth-order valence-corrected chi connectivity index (χ4v) is 4.24. The predicted octanol–water partition coefficient (Wildman–Crippen LogP) is 4.38. The van der Waals surface area contributed by atoms with Crippen molar-refractivity contribution in [2.45, 2.75) is 25.5 Å². The molecule has 0 spiro atoms. The molecule has 8 nitrogen and oxygen atoms in total. The minimum Gasteiger partial charge on any atom is -0.480 e. The molecule has 2 N–H and O–H groups in total. The van der Waals surface area contributed by atoms with Crippen molar-refractivity contribution in [2.24, 2.45) is 0 Å². The van der Waals surface area contributed by atoms with E-state index in [2.05, 4.69) is 10.6 Å². The number of rotatable bonds is 7. The van der Waals surface area contributed by atoms with E-state index < -0.39 is 12.1 Å². The maximum atomic E-state index is 12.8. The van der Waals surface area contributed by atoms with Crippen LogP contribution >= 0.6 is 0 Å². The molecule has 3 aromatic carbocycles. The van der Waals surface area contributed by atoms with Crippen molar-refractivity contribution in [3.8, 4) is 5.75 Å². The van der Waals surface area contributed by atoms with Gasteiger partial charge in [-0.25, -0.2) is 9.59 Å². The highest BCUT2D eigenvalue weighted by Crippen LogP contribution is 2.32. The molecular formula is C28H29N3O5. The van der Waals surface area contributed by atoms with Crippen LogP contribution in [0, 0.1) is 0 Å². The zero-order valence-corrected chi connectivity index (χ0v) is 20.3. The highest BCUT2D eigenvalue weighted by atomic mass is 16.5. The number of likely N-dealkylation sites (tertiary alicyclic amines) is 1. The summed E-state index contributed by atoms with van der Waals surface area (Å²) in [6.45, 7) is 2.41. The monoisotopic (exact) mass is 487 g/mol. The van der Waals surface area contributed by atoms with Gasteiger partial charge in [0.15, 0.2) is 0 Å². The average molecular weight is 488 g/mol. The molecule has 1 fully saturated rings. The third-order valence-electron chi connectivity index (χ3n) is 5.97. The van der Waals surface area contributed by atoms with Crippen LogP contribution in [0.3, 0.4) is 0 Å². The molecule has 36 heavy (non-hydrogen) atoms. The van der Waals surface area contributed by atoms with Crippen LogP contribution < -0.4 is 15.4 Å². The number of urea groups is 1. The summed E-state index contributed by atoms with van der Waals surface area (Å²) in [6.07, 6.45) is 0.236. The van der Waals surface area contributed by atoms with Crippen molar-refractivity contribution in [3.05, 3.63) is 95.6 Å². The zero-order valence-electron chi connectivity index (χ0n) is 20.3. The third-order valence-corrected chi connectivity index (χ3v) is 5.97. The van der Waals surface area contributed by atoms with Crippen LogP contribution in [0.15, 0.2) is 78.9 Å². The Kier molecular flexibility index (Phi) is 7.85. The molecule has 3 aromatic rings. The molecule has 4 rings (SSSR count). The first-order valence-corrected chi connectivity index (χ1v) is 11.8. The Labute approximate surface area is 210 Å². The molecule has 3 amide bonds. The van der Waals surface area contributed by atoms with E-state index in [1.807, 2.05) is 60.7 Å². The minimum absolute atomic E-state index is 0.0671. The molecule has 0 bridgehead atoms. The van der Waals surface area contributed by atoms with Crippen LogP contribution in [-0.4, -0.2) is 49.0 Å². The number of anilines is 1. The zero-order chi connectivity index (χ0) is 25.5. The van der Waals surface area contributed by atoms with Gasteiger partial charge < -0.3 is 25.0 Å². The lowest BCUT2D eigenvalue weighted by molar-refractivity contribution is -0.119. The molecule has 1 saturated heterocycles. The largest absolute Gasteiger partial charge is 0.480 e. The molecule has 0 saturated carbocycles. The highest BCUT2D eigenvalue weighted by molar-refractivity contribution is 5.96. The SMILES string of the molecule is COC(=O)c1cc(NC(=O)N2CCC(NC(C)=O)C2)ccc1OC(c1ccccc1)c1ccccc1. The van der Waals surface area contributed by atoms with Gasteiger partial charge in [-0.15, -0.1) is 0 Å². The fourth-order valence-electron chi connectivity index (χ4n) is 4.24. The minimum atomic E-state index is -0.576. The molecule has 0 radical (unpaired) electrons. The molecular weight excluding hydrogens is 458 g/mol. The summed E-state index contributed by atoms with van der Waals surface area (Å²) in [6, 6.07) is 24.0. The van der Waals surface area contributed by atoms with Gasteiger partial charge in [0.25, 0.3) is 0 Å². The second-order valence-electron chi connectivity index (χ2n) is 8.58. The summed E-state index contributed by atoms with van der Waals surface area (Å²) >= 11 is 0. The van der Waals surface area contributed by atoms with E-state index in [1.54, 1.807) is 23.1 Å². The first-order chi connectivity index (χ1) is 17.4. The lowest BCUT2D eigenvalue weighted by Gasteiger charge is -2.22. The number of benzene rings is 3. The number of ether oxygens (including phenoxy) is 2. The second-order valence-corrected chi connectivity index (χ2v) is 8.58. The van der Waals surface area contributed by atoms with Crippen LogP contribution in [-0.2, 0) is 9.53 Å². The van der Waals surface area contributed by atoms with Crippen molar-refractivity contribution in [1.29, 1.82) is 0 Å². The first-order valence-electron chi connectivity index (χ1n) is 11.8. The summed E-state index contributed by atoms with van der Waals surface area (Å²) in [7, 11) is 1.30. The summed E-state index contributed by atoms with van der Waals surface area (Å²) < 4.78 is 11.4. The third kappa shape index (κ3) is 6.02. The van der Waals surface area contributed by atoms with Gasteiger partial charge in [0.05, 0.1) is 7.11 Å². The maximum Gasteiger partial charge on any atom is 0.341 e.